The predicted octanol–water partition coefficient (Wildman–Crippen LogP) is 3.99. The van der Waals surface area contributed by atoms with Crippen molar-refractivity contribution < 1.29 is 18.0 Å². The second-order valence-electron chi connectivity index (χ2n) is 6.80. The van der Waals surface area contributed by atoms with Crippen LogP contribution in [0.15, 0.2) is 58.5 Å². The van der Waals surface area contributed by atoms with E-state index in [-0.39, 0.29) is 22.9 Å². The summed E-state index contributed by atoms with van der Waals surface area (Å²) in [5.74, 6) is -0.000774. The first kappa shape index (κ1) is 22.1. The van der Waals surface area contributed by atoms with Gasteiger partial charge in [0, 0.05) is 12.7 Å². The van der Waals surface area contributed by atoms with Crippen molar-refractivity contribution >= 4 is 44.9 Å². The number of fused-ring (bicyclic) bond motifs is 1. The van der Waals surface area contributed by atoms with Gasteiger partial charge in [-0.05, 0) is 30.3 Å². The lowest BCUT2D eigenvalue weighted by molar-refractivity contribution is -0.137. The lowest BCUT2D eigenvalue weighted by Gasteiger charge is -2.10. The zero-order chi connectivity index (χ0) is 22.9. The Kier molecular flexibility index (Phi) is 6.07. The van der Waals surface area contributed by atoms with Gasteiger partial charge in [-0.25, -0.2) is 0 Å². The molecule has 0 atom stereocenters. The summed E-state index contributed by atoms with van der Waals surface area (Å²) < 4.78 is 42.6. The molecule has 2 heterocycles. The van der Waals surface area contributed by atoms with Crippen molar-refractivity contribution in [3.8, 4) is 0 Å². The lowest BCUT2D eigenvalue weighted by Crippen LogP contribution is -2.17. The summed E-state index contributed by atoms with van der Waals surface area (Å²) in [6, 6.07) is 11.9. The van der Waals surface area contributed by atoms with Crippen molar-refractivity contribution in [2.75, 3.05) is 11.1 Å². The molecule has 2 aromatic carbocycles. The van der Waals surface area contributed by atoms with Gasteiger partial charge >= 0.3 is 11.0 Å². The van der Waals surface area contributed by atoms with E-state index < -0.39 is 17.6 Å². The Hall–Kier alpha value is -3.12. The van der Waals surface area contributed by atoms with Crippen molar-refractivity contribution in [1.82, 2.24) is 19.3 Å². The number of carbonyl (C=O) groups excluding carboxylic acids is 1. The zero-order valence-electron chi connectivity index (χ0n) is 16.6. The van der Waals surface area contributed by atoms with E-state index in [2.05, 4.69) is 15.5 Å². The van der Waals surface area contributed by atoms with Crippen LogP contribution in [-0.4, -0.2) is 31.0 Å². The molecule has 0 fully saturated rings. The summed E-state index contributed by atoms with van der Waals surface area (Å²) in [6.45, 7) is 0.226. The van der Waals surface area contributed by atoms with E-state index >= 15 is 0 Å². The molecule has 0 unspecified atom stereocenters. The lowest BCUT2D eigenvalue weighted by atomic mass is 10.2. The number of amides is 1. The first-order valence-electron chi connectivity index (χ1n) is 9.29. The predicted molar refractivity (Wildman–Crippen MR) is 117 cm³/mol. The second-order valence-corrected chi connectivity index (χ2v) is 8.73. The minimum Gasteiger partial charge on any atom is -0.325 e. The number of nitrogens with one attached hydrogen (secondary N) is 1. The van der Waals surface area contributed by atoms with Gasteiger partial charge in [0.05, 0.1) is 28.1 Å². The fraction of sp³-hybridized carbons (Fsp3) is 0.200. The van der Waals surface area contributed by atoms with Crippen LogP contribution in [0.3, 0.4) is 0 Å². The molecule has 1 amide bonds. The van der Waals surface area contributed by atoms with Gasteiger partial charge in [-0.15, -0.1) is 10.2 Å². The number of carbonyl (C=O) groups is 1. The number of thiazole rings is 1. The molecule has 0 radical (unpaired) electrons. The van der Waals surface area contributed by atoms with Gasteiger partial charge in [-0.1, -0.05) is 41.3 Å². The number of alkyl halides is 3. The largest absolute Gasteiger partial charge is 0.416 e. The van der Waals surface area contributed by atoms with Crippen molar-refractivity contribution in [3.63, 3.8) is 0 Å². The molecule has 32 heavy (non-hydrogen) atoms. The summed E-state index contributed by atoms with van der Waals surface area (Å²) in [6.07, 6.45) is -4.49. The number of benzene rings is 2. The monoisotopic (exact) mass is 479 g/mol. The van der Waals surface area contributed by atoms with Crippen molar-refractivity contribution in [2.24, 2.45) is 7.05 Å². The van der Waals surface area contributed by atoms with Gasteiger partial charge in [-0.2, -0.15) is 13.2 Å². The van der Waals surface area contributed by atoms with E-state index in [1.165, 1.54) is 12.1 Å². The van der Waals surface area contributed by atoms with Crippen molar-refractivity contribution in [1.29, 1.82) is 0 Å². The van der Waals surface area contributed by atoms with E-state index in [4.69, 9.17) is 0 Å². The molecule has 4 rings (SSSR count). The maximum atomic E-state index is 12.8. The third-order valence-corrected chi connectivity index (χ3v) is 6.58. The fourth-order valence-corrected chi connectivity index (χ4v) is 4.63. The summed E-state index contributed by atoms with van der Waals surface area (Å²) in [4.78, 5) is 24.4. The highest BCUT2D eigenvalue weighted by Gasteiger charge is 2.30. The number of rotatable bonds is 6. The number of nitrogens with zero attached hydrogens (tertiary/aromatic N) is 4. The third-order valence-electron chi connectivity index (χ3n) is 4.60. The summed E-state index contributed by atoms with van der Waals surface area (Å²) in [5, 5.41) is 11.1. The van der Waals surface area contributed by atoms with Crippen LogP contribution in [0.2, 0.25) is 0 Å². The number of para-hydroxylation sites is 1. The Morgan fingerprint density at radius 3 is 2.72 bits per heavy atom. The van der Waals surface area contributed by atoms with Crippen LogP contribution in [0.4, 0.5) is 18.9 Å². The molecule has 166 valence electrons. The Labute approximate surface area is 187 Å². The van der Waals surface area contributed by atoms with E-state index in [9.17, 15) is 22.8 Å². The molecule has 1 N–H and O–H groups in total. The molecule has 2 aromatic heterocycles. The van der Waals surface area contributed by atoms with Gasteiger partial charge in [0.25, 0.3) is 0 Å². The van der Waals surface area contributed by atoms with Gasteiger partial charge in [0.15, 0.2) is 11.0 Å². The van der Waals surface area contributed by atoms with E-state index in [0.29, 0.717) is 11.0 Å². The van der Waals surface area contributed by atoms with Crippen LogP contribution < -0.4 is 10.2 Å². The summed E-state index contributed by atoms with van der Waals surface area (Å²) >= 11 is 2.25. The smallest absolute Gasteiger partial charge is 0.325 e. The van der Waals surface area contributed by atoms with Gasteiger partial charge in [0.1, 0.15) is 0 Å². The number of thioether (sulfide) groups is 1. The molecule has 0 aliphatic rings. The Morgan fingerprint density at radius 2 is 1.94 bits per heavy atom. The van der Waals surface area contributed by atoms with Gasteiger partial charge in [-0.3, -0.25) is 14.2 Å². The first-order chi connectivity index (χ1) is 15.2. The van der Waals surface area contributed by atoms with Crippen LogP contribution in [0.5, 0.6) is 0 Å². The molecule has 0 bridgehead atoms. The van der Waals surface area contributed by atoms with Crippen LogP contribution in [0, 0.1) is 0 Å². The fourth-order valence-electron chi connectivity index (χ4n) is 3.01. The molecule has 0 aliphatic carbocycles. The number of hydrogen-bond acceptors (Lipinski definition) is 6. The number of halogens is 3. The maximum Gasteiger partial charge on any atom is 0.416 e. The standard InChI is InChI=1S/C20H16F3N5O2S2/c1-27-16(10-28-14-7-2-3-8-15(14)32-19(28)30)25-26-18(27)31-11-17(29)24-13-6-4-5-12(9-13)20(21,22)23/h2-9H,10-11H2,1H3,(H,24,29). The molecule has 0 spiro atoms. The maximum absolute atomic E-state index is 12.8. The number of anilines is 1. The highest BCUT2D eigenvalue weighted by molar-refractivity contribution is 7.99. The molecule has 4 aromatic rings. The quantitative estimate of drug-likeness (QED) is 0.423. The first-order valence-corrected chi connectivity index (χ1v) is 11.1. The summed E-state index contributed by atoms with van der Waals surface area (Å²) in [7, 11) is 1.72. The van der Waals surface area contributed by atoms with Crippen LogP contribution in [0.25, 0.3) is 10.2 Å². The normalized spacial score (nSPS) is 11.8. The Balaban J connectivity index is 1.41. The molecular formula is C20H16F3N5O2S2. The summed E-state index contributed by atoms with van der Waals surface area (Å²) in [5.41, 5.74) is 0.0325. The van der Waals surface area contributed by atoms with Gasteiger partial charge in [0.2, 0.25) is 5.91 Å². The third kappa shape index (κ3) is 4.70. The molecule has 0 saturated carbocycles. The van der Waals surface area contributed by atoms with Gasteiger partial charge < -0.3 is 9.88 Å². The Bertz CT molecular complexity index is 1340. The Morgan fingerprint density at radius 1 is 1.16 bits per heavy atom. The van der Waals surface area contributed by atoms with E-state index in [1.807, 2.05) is 24.3 Å². The number of hydrogen-bond donors (Lipinski definition) is 1. The van der Waals surface area contributed by atoms with Crippen molar-refractivity contribution in [2.45, 2.75) is 17.9 Å². The van der Waals surface area contributed by atoms with Crippen LogP contribution in [-0.2, 0) is 24.6 Å². The van der Waals surface area contributed by atoms with E-state index in [0.717, 1.165) is 45.4 Å². The topological polar surface area (TPSA) is 81.8 Å². The molecule has 7 nitrogen and oxygen atoms in total. The zero-order valence-corrected chi connectivity index (χ0v) is 18.2. The van der Waals surface area contributed by atoms with Crippen molar-refractivity contribution in [3.05, 3.63) is 69.6 Å². The second kappa shape index (κ2) is 8.79. The molecule has 0 aliphatic heterocycles. The van der Waals surface area contributed by atoms with Crippen LogP contribution >= 0.6 is 23.1 Å². The molecule has 12 heteroatoms. The average molecular weight is 480 g/mol. The highest BCUT2D eigenvalue weighted by atomic mass is 32.2. The minimum absolute atomic E-state index is 0.0628. The minimum atomic E-state index is -4.49. The SMILES string of the molecule is Cn1c(Cn2c(=O)sc3ccccc32)nnc1SCC(=O)Nc1cccc(C(F)(F)F)c1. The van der Waals surface area contributed by atoms with Crippen LogP contribution in [0.1, 0.15) is 11.4 Å². The van der Waals surface area contributed by atoms with E-state index in [1.54, 1.807) is 16.2 Å². The molecule has 0 saturated heterocycles. The highest BCUT2D eigenvalue weighted by Crippen LogP contribution is 2.30. The average Bonchev–Trinajstić information content (AvgIpc) is 3.26. The molecular weight excluding hydrogens is 463 g/mol. The number of aromatic nitrogens is 4.